The van der Waals surface area contributed by atoms with Gasteiger partial charge in [0.1, 0.15) is 42.0 Å². The summed E-state index contributed by atoms with van der Waals surface area (Å²) in [5, 5.41) is 34.2. The Hall–Kier alpha value is -2.31. The molecule has 20 atom stereocenters. The minimum Gasteiger partial charge on any atom is -0.462 e. The van der Waals surface area contributed by atoms with Crippen molar-refractivity contribution in [2.24, 2.45) is 23.7 Å². The Kier molecular flexibility index (Phi) is 15.1. The Bertz CT molecular complexity index is 1730. The maximum Gasteiger partial charge on any atom is 0.316 e. The fraction of sp³-hybridized carbons (Fsp3) is 0.771. The maximum absolute atomic E-state index is 14.3. The third-order valence-electron chi connectivity index (χ3n) is 14.5. The number of aliphatic hydroxyl groups is 3. The van der Waals surface area contributed by atoms with E-state index in [-0.39, 0.29) is 42.7 Å². The second-order valence-corrected chi connectivity index (χ2v) is 19.0. The van der Waals surface area contributed by atoms with Crippen molar-refractivity contribution in [2.45, 2.75) is 191 Å². The molecule has 62 heavy (non-hydrogen) atoms. The first-order chi connectivity index (χ1) is 29.5. The van der Waals surface area contributed by atoms with E-state index in [1.807, 2.05) is 32.1 Å². The molecular formula is C48H72O14. The molecule has 0 unspecified atom stereocenters. The van der Waals surface area contributed by atoms with E-state index < -0.39 is 90.8 Å². The standard InChI is InChI=1S/C48H72O14/c1-11-25(2)43-28(5)17-18-47(62-43)23-34-20-33(61-47)16-15-27(4)42(26(3)13-12-14-32-24-55-45-40(49)29(6)19-35(46(51)58-34)48(32,45)52)59-39-22-37(54-10)44(31(8)57-39)60-38-21-36(53-9)41(50)30(7)56-38/h12-15,17-19,25-26,28,30-31,33-45,49-50,52H,11,16,20-24H2,1-10H3/t25-,26-,28-,30-,31-,33+,34-,35-,36-,37-,38-,39-,40+,41-,42-,43+,44-,45+,47+,48+/m0/s1. The molecule has 0 aromatic carbocycles. The van der Waals surface area contributed by atoms with Crippen LogP contribution < -0.4 is 0 Å². The number of esters is 1. The molecule has 7 aliphatic rings. The molecule has 348 valence electrons. The van der Waals surface area contributed by atoms with Crippen LogP contribution in [0.3, 0.4) is 0 Å². The number of rotatable bonds is 8. The summed E-state index contributed by atoms with van der Waals surface area (Å²) in [5.74, 6) is -2.56. The summed E-state index contributed by atoms with van der Waals surface area (Å²) in [5.41, 5.74) is 0.134. The Balaban J connectivity index is 1.18. The first-order valence-corrected chi connectivity index (χ1v) is 22.9. The molecule has 14 heteroatoms. The number of carbonyl (C=O) groups excluding carboxylic acids is 1. The predicted molar refractivity (Wildman–Crippen MR) is 227 cm³/mol. The largest absolute Gasteiger partial charge is 0.462 e. The summed E-state index contributed by atoms with van der Waals surface area (Å²) in [6.45, 7) is 16.1. The van der Waals surface area contributed by atoms with Crippen molar-refractivity contribution >= 4 is 5.97 Å². The highest BCUT2D eigenvalue weighted by atomic mass is 16.7. The molecular weight excluding hydrogens is 801 g/mol. The average Bonchev–Trinajstić information content (AvgIpc) is 3.58. The average molecular weight is 873 g/mol. The Labute approximate surface area is 367 Å². The molecule has 0 radical (unpaired) electrons. The van der Waals surface area contributed by atoms with Gasteiger partial charge in [0.25, 0.3) is 0 Å². The molecule has 6 heterocycles. The number of allylic oxidation sites excluding steroid dienone is 2. The van der Waals surface area contributed by atoms with E-state index in [9.17, 15) is 20.1 Å². The zero-order valence-electron chi connectivity index (χ0n) is 38.2. The molecule has 0 aromatic rings. The van der Waals surface area contributed by atoms with Crippen LogP contribution in [0.25, 0.3) is 0 Å². The van der Waals surface area contributed by atoms with E-state index >= 15 is 0 Å². The minimum atomic E-state index is -1.84. The SMILES string of the molecule is CC[C@H](C)[C@H]1O[C@]2(C=C[C@@H]1C)C[C@@H]1C[C@@H](CC=C(C)[C@@H](O[C@H]3C[C@H](OC)[C@@H](O[C@H]4C[C@H](OC)[C@@H](O)[C@H](C)O4)[C@H](C)O3)[C@@H](C)C=CC=C3CO[C@@H]4[C@H](O)C(C)=C[C@@H](C(=O)O1)[C@]34O)O2. The number of hydrogen-bond donors (Lipinski definition) is 3. The molecule has 0 aromatic heterocycles. The van der Waals surface area contributed by atoms with Crippen LogP contribution in [0.2, 0.25) is 0 Å². The van der Waals surface area contributed by atoms with E-state index in [0.717, 1.165) is 12.0 Å². The van der Waals surface area contributed by atoms with Crippen LogP contribution in [-0.2, 0) is 52.2 Å². The van der Waals surface area contributed by atoms with Gasteiger partial charge in [-0.25, -0.2) is 0 Å². The second-order valence-electron chi connectivity index (χ2n) is 19.0. The molecule has 0 amide bonds. The van der Waals surface area contributed by atoms with Crippen LogP contribution in [0.5, 0.6) is 0 Å². The monoisotopic (exact) mass is 872 g/mol. The number of aliphatic hydroxyl groups excluding tert-OH is 2. The lowest BCUT2D eigenvalue weighted by Gasteiger charge is -2.48. The fourth-order valence-electron chi connectivity index (χ4n) is 10.6. The van der Waals surface area contributed by atoms with Crippen molar-refractivity contribution in [3.8, 4) is 0 Å². The van der Waals surface area contributed by atoms with Crippen molar-refractivity contribution in [2.75, 3.05) is 20.8 Å². The van der Waals surface area contributed by atoms with E-state index in [1.165, 1.54) is 0 Å². The van der Waals surface area contributed by atoms with Crippen molar-refractivity contribution in [3.63, 3.8) is 0 Å². The summed E-state index contributed by atoms with van der Waals surface area (Å²) in [6, 6.07) is 0. The van der Waals surface area contributed by atoms with Crippen LogP contribution in [0, 0.1) is 23.7 Å². The molecule has 6 aliphatic heterocycles. The van der Waals surface area contributed by atoms with Gasteiger partial charge in [0, 0.05) is 51.7 Å². The first kappa shape index (κ1) is 47.6. The fourth-order valence-corrected chi connectivity index (χ4v) is 10.6. The summed E-state index contributed by atoms with van der Waals surface area (Å²) in [7, 11) is 3.22. The summed E-state index contributed by atoms with van der Waals surface area (Å²) < 4.78 is 63.7. The van der Waals surface area contributed by atoms with Crippen molar-refractivity contribution in [1.29, 1.82) is 0 Å². The molecule has 1 aliphatic carbocycles. The highest BCUT2D eigenvalue weighted by Gasteiger charge is 2.60. The van der Waals surface area contributed by atoms with E-state index in [0.29, 0.717) is 43.3 Å². The number of ether oxygens (including phenoxy) is 10. The molecule has 7 rings (SSSR count). The molecule has 3 N–H and O–H groups in total. The molecule has 0 saturated carbocycles. The highest BCUT2D eigenvalue weighted by Crippen LogP contribution is 2.47. The lowest BCUT2D eigenvalue weighted by atomic mass is 9.71. The smallest absolute Gasteiger partial charge is 0.316 e. The first-order valence-electron chi connectivity index (χ1n) is 22.9. The van der Waals surface area contributed by atoms with Crippen LogP contribution >= 0.6 is 0 Å². The summed E-state index contributed by atoms with van der Waals surface area (Å²) >= 11 is 0. The number of hydrogen-bond acceptors (Lipinski definition) is 14. The van der Waals surface area contributed by atoms with Gasteiger partial charge in [-0.05, 0) is 62.8 Å². The zero-order valence-corrected chi connectivity index (χ0v) is 38.2. The Morgan fingerprint density at radius 1 is 0.887 bits per heavy atom. The van der Waals surface area contributed by atoms with Gasteiger partial charge >= 0.3 is 5.97 Å². The number of carbonyl (C=O) groups is 1. The molecule has 1 spiro atoms. The van der Waals surface area contributed by atoms with Gasteiger partial charge in [-0.2, -0.15) is 0 Å². The maximum atomic E-state index is 14.3. The van der Waals surface area contributed by atoms with E-state index in [1.54, 1.807) is 40.2 Å². The van der Waals surface area contributed by atoms with Crippen LogP contribution in [0.4, 0.5) is 0 Å². The van der Waals surface area contributed by atoms with Crippen molar-refractivity contribution in [1.82, 2.24) is 0 Å². The number of fused-ring (bicyclic) bond motifs is 2. The summed E-state index contributed by atoms with van der Waals surface area (Å²) in [4.78, 5) is 14.3. The third kappa shape index (κ3) is 9.64. The van der Waals surface area contributed by atoms with Gasteiger partial charge in [-0.3, -0.25) is 4.79 Å². The van der Waals surface area contributed by atoms with Crippen LogP contribution in [0.15, 0.2) is 59.3 Å². The summed E-state index contributed by atoms with van der Waals surface area (Å²) in [6.07, 6.45) is 8.55. The van der Waals surface area contributed by atoms with Gasteiger partial charge in [0.05, 0.1) is 49.3 Å². The predicted octanol–water partition coefficient (Wildman–Crippen LogP) is 5.38. The van der Waals surface area contributed by atoms with Gasteiger partial charge in [-0.1, -0.05) is 70.6 Å². The zero-order chi connectivity index (χ0) is 44.7. The second kappa shape index (κ2) is 19.7. The number of methoxy groups -OCH3 is 2. The molecule has 2 bridgehead atoms. The minimum absolute atomic E-state index is 0.0317. The molecule has 4 saturated heterocycles. The van der Waals surface area contributed by atoms with Crippen LogP contribution in [-0.4, -0.2) is 139 Å². The van der Waals surface area contributed by atoms with E-state index in [2.05, 4.69) is 39.8 Å². The lowest BCUT2D eigenvalue weighted by molar-refractivity contribution is -0.318. The van der Waals surface area contributed by atoms with Gasteiger partial charge in [-0.15, -0.1) is 0 Å². The Morgan fingerprint density at radius 3 is 2.32 bits per heavy atom. The van der Waals surface area contributed by atoms with Crippen molar-refractivity contribution < 1.29 is 67.5 Å². The van der Waals surface area contributed by atoms with Gasteiger partial charge in [0.2, 0.25) is 0 Å². The normalized spacial score (nSPS) is 47.0. The van der Waals surface area contributed by atoms with E-state index in [4.69, 9.17) is 47.4 Å². The van der Waals surface area contributed by atoms with Gasteiger partial charge < -0.3 is 62.7 Å². The highest BCUT2D eigenvalue weighted by molar-refractivity contribution is 5.78. The molecule has 4 fully saturated rings. The third-order valence-corrected chi connectivity index (χ3v) is 14.5. The quantitative estimate of drug-likeness (QED) is 0.210. The topological polar surface area (TPSA) is 170 Å². The van der Waals surface area contributed by atoms with Crippen LogP contribution in [0.1, 0.15) is 93.9 Å². The lowest BCUT2D eigenvalue weighted by Crippen LogP contribution is -2.58. The van der Waals surface area contributed by atoms with Gasteiger partial charge in [0.15, 0.2) is 18.4 Å². The van der Waals surface area contributed by atoms with Crippen molar-refractivity contribution in [3.05, 3.63) is 59.3 Å². The Morgan fingerprint density at radius 2 is 1.60 bits per heavy atom. The molecule has 14 nitrogen and oxygen atoms in total.